The van der Waals surface area contributed by atoms with Crippen molar-refractivity contribution in [1.29, 1.82) is 0 Å². The van der Waals surface area contributed by atoms with Crippen LogP contribution in [0.4, 0.5) is 0 Å². The minimum Gasteiger partial charge on any atom is -0.353 e. The molecule has 1 amide bonds. The maximum Gasteiger partial charge on any atom is 0.224 e. The Hall–Kier alpha value is -1.40. The minimum atomic E-state index is -3.31. The summed E-state index contributed by atoms with van der Waals surface area (Å²) in [7, 11) is -3.31. The highest BCUT2D eigenvalue weighted by Crippen LogP contribution is 2.22. The van der Waals surface area contributed by atoms with Gasteiger partial charge in [-0.3, -0.25) is 4.79 Å². The van der Waals surface area contributed by atoms with E-state index in [4.69, 9.17) is 0 Å². The van der Waals surface area contributed by atoms with Gasteiger partial charge in [-0.15, -0.1) is 0 Å². The molecule has 0 unspecified atom stereocenters. The van der Waals surface area contributed by atoms with Gasteiger partial charge < -0.3 is 5.32 Å². The number of sulfonamides is 1. The third kappa shape index (κ3) is 7.10. The van der Waals surface area contributed by atoms with Gasteiger partial charge in [-0.25, -0.2) is 12.7 Å². The van der Waals surface area contributed by atoms with Crippen molar-refractivity contribution >= 4 is 15.9 Å². The van der Waals surface area contributed by atoms with Gasteiger partial charge in [0.25, 0.3) is 0 Å². The largest absolute Gasteiger partial charge is 0.353 e. The van der Waals surface area contributed by atoms with Crippen LogP contribution in [0.15, 0.2) is 30.3 Å². The van der Waals surface area contributed by atoms with Crippen molar-refractivity contribution < 1.29 is 13.2 Å². The summed E-state index contributed by atoms with van der Waals surface area (Å²) in [5.41, 5.74) is 1.16. The number of rotatable bonds is 7. The van der Waals surface area contributed by atoms with Gasteiger partial charge in [0, 0.05) is 19.1 Å². The number of hydrogen-bond acceptors (Lipinski definition) is 3. The normalized spacial score (nSPS) is 22.6. The summed E-state index contributed by atoms with van der Waals surface area (Å²) in [6, 6.07) is 10.3. The molecule has 1 saturated carbocycles. The predicted octanol–water partition coefficient (Wildman–Crippen LogP) is 3.89. The van der Waals surface area contributed by atoms with E-state index in [9.17, 15) is 13.2 Å². The molecule has 1 aromatic rings. The van der Waals surface area contributed by atoms with E-state index in [0.29, 0.717) is 19.5 Å². The molecule has 1 saturated heterocycles. The molecule has 5 nitrogen and oxygen atoms in total. The van der Waals surface area contributed by atoms with Gasteiger partial charge in [-0.05, 0) is 44.1 Å². The lowest BCUT2D eigenvalue weighted by Crippen LogP contribution is -2.48. The fraction of sp³-hybridized carbons (Fsp3) is 0.696. The van der Waals surface area contributed by atoms with E-state index in [1.807, 2.05) is 30.3 Å². The van der Waals surface area contributed by atoms with E-state index in [1.54, 1.807) is 4.31 Å². The van der Waals surface area contributed by atoms with Crippen molar-refractivity contribution in [1.82, 2.24) is 9.62 Å². The molecule has 1 atom stereocenters. The summed E-state index contributed by atoms with van der Waals surface area (Å²) in [5.74, 6) is -0.00313. The van der Waals surface area contributed by atoms with E-state index in [2.05, 4.69) is 5.32 Å². The van der Waals surface area contributed by atoms with Gasteiger partial charge >= 0.3 is 0 Å². The molecule has 162 valence electrons. The van der Waals surface area contributed by atoms with Gasteiger partial charge in [0.1, 0.15) is 0 Å². The Morgan fingerprint density at radius 3 is 2.38 bits per heavy atom. The summed E-state index contributed by atoms with van der Waals surface area (Å²) in [4.78, 5) is 12.8. The summed E-state index contributed by atoms with van der Waals surface area (Å²) < 4.78 is 27.2. The number of hydrogen-bond donors (Lipinski definition) is 1. The summed E-state index contributed by atoms with van der Waals surface area (Å²) in [5, 5.41) is 3.23. The number of piperidine rings is 1. The average Bonchev–Trinajstić information content (AvgIpc) is 2.70. The topological polar surface area (TPSA) is 66.5 Å². The fourth-order valence-electron chi connectivity index (χ4n) is 4.56. The molecule has 1 aliphatic heterocycles. The van der Waals surface area contributed by atoms with Crippen LogP contribution in [-0.2, 0) is 21.2 Å². The van der Waals surface area contributed by atoms with Gasteiger partial charge in [0.15, 0.2) is 0 Å². The molecule has 0 spiro atoms. The zero-order valence-electron chi connectivity index (χ0n) is 17.5. The highest BCUT2D eigenvalue weighted by molar-refractivity contribution is 7.89. The summed E-state index contributed by atoms with van der Waals surface area (Å²) in [6.07, 6.45) is 11.2. The first-order valence-corrected chi connectivity index (χ1v) is 13.0. The van der Waals surface area contributed by atoms with Gasteiger partial charge in [0.05, 0.1) is 11.7 Å². The second-order valence-electron chi connectivity index (χ2n) is 8.65. The number of carbonyl (C=O) groups excluding carboxylic acids is 1. The lowest BCUT2D eigenvalue weighted by molar-refractivity contribution is -0.126. The van der Waals surface area contributed by atoms with Crippen LogP contribution in [0.5, 0.6) is 0 Å². The van der Waals surface area contributed by atoms with Gasteiger partial charge in [-0.1, -0.05) is 62.4 Å². The van der Waals surface area contributed by atoms with Crippen molar-refractivity contribution in [3.05, 3.63) is 35.9 Å². The van der Waals surface area contributed by atoms with Crippen LogP contribution < -0.4 is 5.32 Å². The number of benzene rings is 1. The number of carbonyl (C=O) groups is 1. The molecule has 2 aliphatic rings. The second kappa shape index (κ2) is 11.1. The summed E-state index contributed by atoms with van der Waals surface area (Å²) >= 11 is 0. The Balaban J connectivity index is 1.48. The molecule has 1 aliphatic carbocycles. The van der Waals surface area contributed by atoms with Crippen molar-refractivity contribution in [2.45, 2.75) is 76.7 Å². The van der Waals surface area contributed by atoms with E-state index >= 15 is 0 Å². The molecule has 3 rings (SSSR count). The minimum absolute atomic E-state index is 0.0553. The molecule has 0 aromatic heterocycles. The Morgan fingerprint density at radius 1 is 0.966 bits per heavy atom. The van der Waals surface area contributed by atoms with Gasteiger partial charge in [0.2, 0.25) is 15.9 Å². The Morgan fingerprint density at radius 2 is 1.66 bits per heavy atom. The number of nitrogens with zero attached hydrogens (tertiary/aromatic N) is 1. The Labute approximate surface area is 176 Å². The third-order valence-electron chi connectivity index (χ3n) is 6.31. The van der Waals surface area contributed by atoms with Crippen LogP contribution in [0.25, 0.3) is 0 Å². The van der Waals surface area contributed by atoms with E-state index in [0.717, 1.165) is 37.7 Å². The molecule has 1 N–H and O–H groups in total. The predicted molar refractivity (Wildman–Crippen MR) is 117 cm³/mol. The van der Waals surface area contributed by atoms with Gasteiger partial charge in [-0.2, -0.15) is 0 Å². The van der Waals surface area contributed by atoms with Crippen molar-refractivity contribution in [3.63, 3.8) is 0 Å². The number of aryl methyl sites for hydroxylation is 1. The third-order valence-corrected chi connectivity index (χ3v) is 8.23. The monoisotopic (exact) mass is 420 g/mol. The van der Waals surface area contributed by atoms with Crippen molar-refractivity contribution in [2.75, 3.05) is 18.8 Å². The highest BCUT2D eigenvalue weighted by Gasteiger charge is 2.32. The zero-order valence-corrected chi connectivity index (χ0v) is 18.3. The first-order chi connectivity index (χ1) is 14.0. The average molecular weight is 421 g/mol. The quantitative estimate of drug-likeness (QED) is 0.728. The maximum absolute atomic E-state index is 12.8. The molecule has 29 heavy (non-hydrogen) atoms. The smallest absolute Gasteiger partial charge is 0.224 e. The van der Waals surface area contributed by atoms with Crippen LogP contribution in [0.1, 0.15) is 69.8 Å². The standard InChI is InChI=1S/C23H36N2O3S/c26-23(24-22-15-7-2-1-3-8-16-22)21-14-9-17-25(19-21)29(27,28)18-10-13-20-11-5-4-6-12-20/h4-6,11-12,21-22H,1-3,7-10,13-19H2,(H,24,26)/t21-/m0/s1. The molecule has 1 aromatic carbocycles. The Kier molecular flexibility index (Phi) is 8.54. The van der Waals surface area contributed by atoms with E-state index in [-0.39, 0.29) is 23.6 Å². The molecular weight excluding hydrogens is 384 g/mol. The lowest BCUT2D eigenvalue weighted by atomic mass is 9.94. The molecule has 0 bridgehead atoms. The SMILES string of the molecule is O=C(NC1CCCCCCC1)[C@H]1CCCN(S(=O)(=O)CCCc2ccccc2)C1. The molecule has 6 heteroatoms. The molecule has 2 fully saturated rings. The lowest BCUT2D eigenvalue weighted by Gasteiger charge is -2.32. The first-order valence-electron chi connectivity index (χ1n) is 11.4. The molecular formula is C23H36N2O3S. The Bertz CT molecular complexity index is 728. The fourth-order valence-corrected chi connectivity index (χ4v) is 6.14. The van der Waals surface area contributed by atoms with Crippen LogP contribution >= 0.6 is 0 Å². The summed E-state index contributed by atoms with van der Waals surface area (Å²) in [6.45, 7) is 0.882. The highest BCUT2D eigenvalue weighted by atomic mass is 32.2. The zero-order chi connectivity index (χ0) is 20.5. The van der Waals surface area contributed by atoms with Crippen molar-refractivity contribution in [3.8, 4) is 0 Å². The first kappa shape index (κ1) is 22.3. The number of amides is 1. The molecule has 0 radical (unpaired) electrons. The second-order valence-corrected chi connectivity index (χ2v) is 10.7. The van der Waals surface area contributed by atoms with Crippen LogP contribution in [0, 0.1) is 5.92 Å². The van der Waals surface area contributed by atoms with Crippen LogP contribution in [-0.4, -0.2) is 43.5 Å². The maximum atomic E-state index is 12.8. The molecule has 1 heterocycles. The van der Waals surface area contributed by atoms with E-state index in [1.165, 1.54) is 32.1 Å². The van der Waals surface area contributed by atoms with Crippen molar-refractivity contribution in [2.24, 2.45) is 5.92 Å². The van der Waals surface area contributed by atoms with Crippen LogP contribution in [0.2, 0.25) is 0 Å². The van der Waals surface area contributed by atoms with Crippen LogP contribution in [0.3, 0.4) is 0 Å². The number of nitrogens with one attached hydrogen (secondary N) is 1. The van der Waals surface area contributed by atoms with E-state index < -0.39 is 10.0 Å².